The Kier molecular flexibility index (Phi) is 6.12. The number of anilines is 3. The summed E-state index contributed by atoms with van der Waals surface area (Å²) < 4.78 is 19.2. The van der Waals surface area contributed by atoms with Gasteiger partial charge in [-0.1, -0.05) is 0 Å². The van der Waals surface area contributed by atoms with E-state index < -0.39 is 0 Å². The van der Waals surface area contributed by atoms with E-state index in [2.05, 4.69) is 20.2 Å². The molecule has 34 heavy (non-hydrogen) atoms. The fourth-order valence-electron chi connectivity index (χ4n) is 4.26. The number of ether oxygens (including phenoxy) is 3. The van der Waals surface area contributed by atoms with Crippen LogP contribution in [0.15, 0.2) is 36.1 Å². The van der Waals surface area contributed by atoms with Gasteiger partial charge in [0.15, 0.2) is 23.1 Å². The molecule has 5 rings (SSSR count). The van der Waals surface area contributed by atoms with Gasteiger partial charge in [-0.3, -0.25) is 0 Å². The number of imidazole rings is 1. The van der Waals surface area contributed by atoms with Gasteiger partial charge < -0.3 is 34.1 Å². The molecule has 3 aromatic heterocycles. The average Bonchev–Trinajstić information content (AvgIpc) is 3.63. The number of thiophene rings is 1. The van der Waals surface area contributed by atoms with E-state index in [9.17, 15) is 5.11 Å². The van der Waals surface area contributed by atoms with Crippen molar-refractivity contribution in [1.82, 2.24) is 19.5 Å². The van der Waals surface area contributed by atoms with Crippen molar-refractivity contribution >= 4 is 39.1 Å². The molecule has 0 radical (unpaired) electrons. The Balaban J connectivity index is 1.46. The van der Waals surface area contributed by atoms with Crippen molar-refractivity contribution in [2.75, 3.05) is 44.7 Å². The quantitative estimate of drug-likeness (QED) is 0.389. The van der Waals surface area contributed by atoms with Crippen LogP contribution in [0, 0.1) is 0 Å². The number of benzene rings is 1. The van der Waals surface area contributed by atoms with Gasteiger partial charge >= 0.3 is 0 Å². The van der Waals surface area contributed by atoms with Crippen LogP contribution in [0.25, 0.3) is 15.9 Å². The number of fused-ring (bicyclic) bond motifs is 1. The van der Waals surface area contributed by atoms with Crippen LogP contribution in [0.2, 0.25) is 0 Å². The predicted octanol–water partition coefficient (Wildman–Crippen LogP) is 3.61. The molecule has 1 aliphatic heterocycles. The topological polar surface area (TPSA) is 107 Å². The van der Waals surface area contributed by atoms with Crippen molar-refractivity contribution in [3.63, 3.8) is 0 Å². The Hall–Kier alpha value is -3.57. The van der Waals surface area contributed by atoms with E-state index in [1.54, 1.807) is 39.0 Å². The van der Waals surface area contributed by atoms with Gasteiger partial charge in [0, 0.05) is 18.7 Å². The summed E-state index contributed by atoms with van der Waals surface area (Å²) in [6, 6.07) is 5.75. The summed E-state index contributed by atoms with van der Waals surface area (Å²) in [4.78, 5) is 16.1. The molecule has 1 aliphatic rings. The third-order valence-corrected chi connectivity index (χ3v) is 6.82. The highest BCUT2D eigenvalue weighted by Gasteiger charge is 2.27. The van der Waals surface area contributed by atoms with Crippen molar-refractivity contribution in [2.45, 2.75) is 18.9 Å². The number of aliphatic hydroxyl groups is 1. The van der Waals surface area contributed by atoms with E-state index in [1.165, 1.54) is 0 Å². The summed E-state index contributed by atoms with van der Waals surface area (Å²) in [6.07, 6.45) is 5.52. The fraction of sp³-hybridized carbons (Fsp3) is 0.348. The highest BCUT2D eigenvalue weighted by atomic mass is 32.1. The summed E-state index contributed by atoms with van der Waals surface area (Å²) in [5.74, 6) is 3.54. The minimum absolute atomic E-state index is 0.0762. The minimum atomic E-state index is 0.0762. The maximum atomic E-state index is 9.81. The third kappa shape index (κ3) is 3.97. The number of hydrogen-bond acceptors (Lipinski definition) is 10. The highest BCUT2D eigenvalue weighted by Crippen LogP contribution is 2.39. The Morgan fingerprint density at radius 1 is 1.15 bits per heavy atom. The molecule has 4 heterocycles. The van der Waals surface area contributed by atoms with Crippen LogP contribution >= 0.6 is 11.3 Å². The molecule has 11 heteroatoms. The van der Waals surface area contributed by atoms with Crippen LogP contribution < -0.4 is 24.4 Å². The fourth-order valence-corrected chi connectivity index (χ4v) is 5.10. The maximum absolute atomic E-state index is 9.81. The molecule has 1 aromatic carbocycles. The molecule has 0 bridgehead atoms. The molecule has 178 valence electrons. The zero-order valence-electron chi connectivity index (χ0n) is 19.2. The monoisotopic (exact) mass is 482 g/mol. The van der Waals surface area contributed by atoms with Gasteiger partial charge in [0.25, 0.3) is 0 Å². The molecule has 0 spiro atoms. The second-order valence-electron chi connectivity index (χ2n) is 7.85. The van der Waals surface area contributed by atoms with Gasteiger partial charge in [0.05, 0.1) is 56.1 Å². The van der Waals surface area contributed by atoms with Crippen LogP contribution in [-0.4, -0.2) is 65.1 Å². The van der Waals surface area contributed by atoms with E-state index in [1.807, 2.05) is 34.3 Å². The summed E-state index contributed by atoms with van der Waals surface area (Å²) in [5, 5.41) is 15.0. The van der Waals surface area contributed by atoms with E-state index in [-0.39, 0.29) is 12.6 Å². The smallest absolute Gasteiger partial charge is 0.231 e. The molecule has 0 aliphatic carbocycles. The Morgan fingerprint density at radius 3 is 2.65 bits per heavy atom. The van der Waals surface area contributed by atoms with E-state index in [0.29, 0.717) is 29.0 Å². The zero-order chi connectivity index (χ0) is 23.7. The van der Waals surface area contributed by atoms with Gasteiger partial charge in [-0.2, -0.15) is 4.98 Å². The molecule has 4 aromatic rings. The molecule has 10 nitrogen and oxygen atoms in total. The summed E-state index contributed by atoms with van der Waals surface area (Å²) in [5.41, 5.74) is 1.66. The van der Waals surface area contributed by atoms with Gasteiger partial charge in [-0.15, -0.1) is 11.3 Å². The molecule has 1 unspecified atom stereocenters. The van der Waals surface area contributed by atoms with Gasteiger partial charge in [0.1, 0.15) is 6.33 Å². The van der Waals surface area contributed by atoms with Crippen LogP contribution in [0.1, 0.15) is 12.8 Å². The SMILES string of the molecule is COc1cc(-n2cnc(Nc3nc(N4CCCC4CO)c4sccc4n3)c2)cc(OC)c1OC. The summed E-state index contributed by atoms with van der Waals surface area (Å²) >= 11 is 1.61. The minimum Gasteiger partial charge on any atom is -0.493 e. The predicted molar refractivity (Wildman–Crippen MR) is 131 cm³/mol. The molecule has 1 fully saturated rings. The lowest BCUT2D eigenvalue weighted by atomic mass is 10.2. The number of methoxy groups -OCH3 is 3. The number of aromatic nitrogens is 4. The zero-order valence-corrected chi connectivity index (χ0v) is 20.0. The maximum Gasteiger partial charge on any atom is 0.231 e. The van der Waals surface area contributed by atoms with Crippen LogP contribution in [0.3, 0.4) is 0 Å². The second kappa shape index (κ2) is 9.35. The van der Waals surface area contributed by atoms with Crippen LogP contribution in [-0.2, 0) is 0 Å². The lowest BCUT2D eigenvalue weighted by Crippen LogP contribution is -2.33. The molecule has 1 atom stereocenters. The van der Waals surface area contributed by atoms with Crippen molar-refractivity contribution in [3.05, 3.63) is 36.1 Å². The molecule has 2 N–H and O–H groups in total. The number of hydrogen-bond donors (Lipinski definition) is 2. The summed E-state index contributed by atoms with van der Waals surface area (Å²) in [6.45, 7) is 0.975. The van der Waals surface area contributed by atoms with E-state index in [0.717, 1.165) is 41.1 Å². The number of nitrogens with zero attached hydrogens (tertiary/aromatic N) is 5. The lowest BCUT2D eigenvalue weighted by molar-refractivity contribution is 0.266. The lowest BCUT2D eigenvalue weighted by Gasteiger charge is -2.24. The first-order valence-electron chi connectivity index (χ1n) is 10.9. The molecule has 0 amide bonds. The largest absolute Gasteiger partial charge is 0.493 e. The Labute approximate surface area is 200 Å². The molecular weight excluding hydrogens is 456 g/mol. The van der Waals surface area contributed by atoms with E-state index >= 15 is 0 Å². The van der Waals surface area contributed by atoms with Gasteiger partial charge in [-0.05, 0) is 24.3 Å². The van der Waals surface area contributed by atoms with Crippen LogP contribution in [0.5, 0.6) is 17.2 Å². The number of rotatable bonds is 8. The number of nitrogens with one attached hydrogen (secondary N) is 1. The summed E-state index contributed by atoms with van der Waals surface area (Å²) in [7, 11) is 4.74. The molecule has 0 saturated carbocycles. The standard InChI is InChI=1S/C23H26N6O4S/c1-31-17-9-15(10-18(32-2)20(17)33-3)28-11-19(24-13-28)26-23-25-16-6-8-34-21(16)22(27-23)29-7-4-5-14(29)12-30/h6,8-11,13-14,30H,4-5,7,12H2,1-3H3,(H,25,26,27). The Morgan fingerprint density at radius 2 is 1.94 bits per heavy atom. The number of aliphatic hydroxyl groups excluding tert-OH is 1. The van der Waals surface area contributed by atoms with Gasteiger partial charge in [0.2, 0.25) is 11.7 Å². The van der Waals surface area contributed by atoms with E-state index in [4.69, 9.17) is 19.2 Å². The first-order chi connectivity index (χ1) is 16.6. The van der Waals surface area contributed by atoms with Crippen molar-refractivity contribution < 1.29 is 19.3 Å². The first-order valence-corrected chi connectivity index (χ1v) is 11.8. The first kappa shape index (κ1) is 22.2. The van der Waals surface area contributed by atoms with Crippen LogP contribution in [0.4, 0.5) is 17.6 Å². The van der Waals surface area contributed by atoms with Crippen molar-refractivity contribution in [1.29, 1.82) is 0 Å². The van der Waals surface area contributed by atoms with Gasteiger partial charge in [-0.25, -0.2) is 9.97 Å². The molecular formula is C23H26N6O4S. The Bertz CT molecular complexity index is 1280. The second-order valence-corrected chi connectivity index (χ2v) is 8.77. The van der Waals surface area contributed by atoms with Crippen molar-refractivity contribution in [2.24, 2.45) is 0 Å². The average molecular weight is 483 g/mol. The highest BCUT2D eigenvalue weighted by molar-refractivity contribution is 7.17. The third-order valence-electron chi connectivity index (χ3n) is 5.92. The normalized spacial score (nSPS) is 15.6. The van der Waals surface area contributed by atoms with Crippen molar-refractivity contribution in [3.8, 4) is 22.9 Å². The molecule has 1 saturated heterocycles.